The molecule has 3 rings (SSSR count). The molecule has 1 aliphatic heterocycles. The van der Waals surface area contributed by atoms with Gasteiger partial charge in [-0.3, -0.25) is 4.68 Å². The van der Waals surface area contributed by atoms with Crippen molar-refractivity contribution in [2.75, 3.05) is 6.54 Å². The Hall–Kier alpha value is -1.84. The summed E-state index contributed by atoms with van der Waals surface area (Å²) < 4.78 is 55.2. The van der Waals surface area contributed by atoms with Crippen LogP contribution in [0.25, 0.3) is 0 Å². The van der Waals surface area contributed by atoms with E-state index in [4.69, 9.17) is 0 Å². The van der Waals surface area contributed by atoms with Crippen LogP contribution < -0.4 is 0 Å². The molecule has 23 heavy (non-hydrogen) atoms. The van der Waals surface area contributed by atoms with Gasteiger partial charge in [0.2, 0.25) is 10.0 Å². The van der Waals surface area contributed by atoms with E-state index in [1.54, 1.807) is 7.05 Å². The van der Waals surface area contributed by atoms with Gasteiger partial charge in [0.1, 0.15) is 16.5 Å². The van der Waals surface area contributed by atoms with Gasteiger partial charge >= 0.3 is 0 Å². The van der Waals surface area contributed by atoms with E-state index in [1.165, 1.54) is 17.1 Å². The smallest absolute Gasteiger partial charge is 0.246 e. The monoisotopic (exact) mass is 343 g/mol. The van der Waals surface area contributed by atoms with E-state index in [9.17, 15) is 22.3 Å². The lowest BCUT2D eigenvalue weighted by molar-refractivity contribution is 0.188. The van der Waals surface area contributed by atoms with Gasteiger partial charge in [-0.15, -0.1) is 0 Å². The molecule has 9 heteroatoms. The summed E-state index contributed by atoms with van der Waals surface area (Å²) >= 11 is 0. The second kappa shape index (κ2) is 5.66. The number of sulfonamides is 1. The van der Waals surface area contributed by atoms with Crippen molar-refractivity contribution in [1.29, 1.82) is 0 Å². The Morgan fingerprint density at radius 1 is 1.35 bits per heavy atom. The minimum atomic E-state index is -3.98. The second-order valence-corrected chi connectivity index (χ2v) is 7.39. The van der Waals surface area contributed by atoms with E-state index < -0.39 is 33.8 Å². The van der Waals surface area contributed by atoms with E-state index in [2.05, 4.69) is 5.10 Å². The van der Waals surface area contributed by atoms with Crippen molar-refractivity contribution in [3.63, 3.8) is 0 Å². The highest BCUT2D eigenvalue weighted by Crippen LogP contribution is 2.37. The van der Waals surface area contributed by atoms with Crippen LogP contribution in [0.1, 0.15) is 18.0 Å². The fraction of sp³-hybridized carbons (Fsp3) is 0.357. The van der Waals surface area contributed by atoms with Gasteiger partial charge in [0.25, 0.3) is 0 Å². The van der Waals surface area contributed by atoms with E-state index in [0.29, 0.717) is 0 Å². The van der Waals surface area contributed by atoms with Crippen molar-refractivity contribution in [2.45, 2.75) is 23.5 Å². The molecule has 1 aromatic heterocycles. The quantitative estimate of drug-likeness (QED) is 0.909. The molecule has 2 aromatic rings. The molecule has 1 aromatic carbocycles. The van der Waals surface area contributed by atoms with Crippen molar-refractivity contribution in [2.24, 2.45) is 7.05 Å². The first kappa shape index (κ1) is 16.0. The van der Waals surface area contributed by atoms with Crippen LogP contribution in [-0.4, -0.2) is 40.3 Å². The number of rotatable bonds is 3. The molecule has 2 unspecified atom stereocenters. The topological polar surface area (TPSA) is 75.4 Å². The lowest BCUT2D eigenvalue weighted by Crippen LogP contribution is -2.32. The number of nitrogens with zero attached hydrogens (tertiary/aromatic N) is 3. The third-order valence-corrected chi connectivity index (χ3v) is 5.67. The maximum atomic E-state index is 14.0. The van der Waals surface area contributed by atoms with Crippen LogP contribution in [0.2, 0.25) is 0 Å². The first-order valence-corrected chi connectivity index (χ1v) is 8.36. The highest BCUT2D eigenvalue weighted by molar-refractivity contribution is 7.89. The first-order chi connectivity index (χ1) is 10.8. The van der Waals surface area contributed by atoms with E-state index >= 15 is 0 Å². The molecule has 0 saturated carbocycles. The molecule has 1 saturated heterocycles. The van der Waals surface area contributed by atoms with Crippen LogP contribution >= 0.6 is 0 Å². The van der Waals surface area contributed by atoms with E-state index in [-0.39, 0.29) is 23.4 Å². The zero-order valence-electron chi connectivity index (χ0n) is 12.2. The van der Waals surface area contributed by atoms with Gasteiger partial charge in [-0.1, -0.05) is 0 Å². The molecule has 0 radical (unpaired) electrons. The zero-order chi connectivity index (χ0) is 16.8. The maximum Gasteiger partial charge on any atom is 0.246 e. The van der Waals surface area contributed by atoms with Gasteiger partial charge < -0.3 is 5.11 Å². The third kappa shape index (κ3) is 2.87. The summed E-state index contributed by atoms with van der Waals surface area (Å²) in [4.78, 5) is -0.0593. The fourth-order valence-electron chi connectivity index (χ4n) is 2.77. The van der Waals surface area contributed by atoms with Crippen LogP contribution in [0.3, 0.4) is 0 Å². The largest absolute Gasteiger partial charge is 0.392 e. The van der Waals surface area contributed by atoms with Crippen LogP contribution in [0, 0.1) is 11.6 Å². The van der Waals surface area contributed by atoms with Crippen molar-refractivity contribution < 1.29 is 22.3 Å². The fourth-order valence-corrected chi connectivity index (χ4v) is 4.41. The molecule has 1 aliphatic rings. The number of hydrogen-bond donors (Lipinski definition) is 1. The summed E-state index contributed by atoms with van der Waals surface area (Å²) in [5.41, 5.74) is -0.0889. The van der Waals surface area contributed by atoms with Crippen LogP contribution in [0.15, 0.2) is 35.5 Å². The Morgan fingerprint density at radius 3 is 2.74 bits per heavy atom. The van der Waals surface area contributed by atoms with Gasteiger partial charge in [-0.05, 0) is 24.6 Å². The molecular formula is C14H15F2N3O3S. The van der Waals surface area contributed by atoms with Gasteiger partial charge in [0.05, 0.1) is 18.3 Å². The number of aliphatic hydroxyl groups is 1. The number of aryl methyl sites for hydroxylation is 1. The summed E-state index contributed by atoms with van der Waals surface area (Å²) in [5, 5.41) is 13.7. The minimum Gasteiger partial charge on any atom is -0.392 e. The van der Waals surface area contributed by atoms with Crippen molar-refractivity contribution >= 4 is 10.0 Å². The minimum absolute atomic E-state index is 0.000133. The third-order valence-electron chi connectivity index (χ3n) is 3.84. The lowest BCUT2D eigenvalue weighted by Gasteiger charge is -2.23. The molecule has 0 aliphatic carbocycles. The predicted octanol–water partition coefficient (Wildman–Crippen LogP) is 1.19. The normalized spacial score (nSPS) is 22.6. The summed E-state index contributed by atoms with van der Waals surface area (Å²) in [6.07, 6.45) is 1.55. The molecule has 0 amide bonds. The number of hydrogen-bond acceptors (Lipinski definition) is 4. The number of aliphatic hydroxyl groups excluding tert-OH is 1. The molecule has 6 nitrogen and oxygen atoms in total. The first-order valence-electron chi connectivity index (χ1n) is 6.92. The average molecular weight is 343 g/mol. The summed E-state index contributed by atoms with van der Waals surface area (Å²) in [5.74, 6) is -1.38. The highest BCUT2D eigenvalue weighted by atomic mass is 32.2. The maximum absolute atomic E-state index is 14.0. The lowest BCUT2D eigenvalue weighted by atomic mass is 10.0. The van der Waals surface area contributed by atoms with Crippen LogP contribution in [-0.2, 0) is 17.1 Å². The zero-order valence-corrected chi connectivity index (χ0v) is 13.0. The number of aromatic nitrogens is 2. The second-order valence-electron chi connectivity index (χ2n) is 5.50. The van der Waals surface area contributed by atoms with Crippen molar-refractivity contribution in [1.82, 2.24) is 14.1 Å². The summed E-state index contributed by atoms with van der Waals surface area (Å²) in [7, 11) is -2.41. The van der Waals surface area contributed by atoms with Gasteiger partial charge in [0.15, 0.2) is 0 Å². The average Bonchev–Trinajstić information content (AvgIpc) is 3.08. The van der Waals surface area contributed by atoms with Crippen LogP contribution in [0.4, 0.5) is 8.78 Å². The molecule has 124 valence electrons. The van der Waals surface area contributed by atoms with E-state index in [0.717, 1.165) is 22.5 Å². The standard InChI is InChI=1S/C14H15F2N3O3S/c1-18-8-11(6-17-18)23(21,22)19-7-10(20)5-14(19)12-4-9(15)2-3-13(12)16/h2-4,6,8,10,14,20H,5,7H2,1H3. The molecule has 1 N–H and O–H groups in total. The van der Waals surface area contributed by atoms with Crippen molar-refractivity contribution in [3.05, 3.63) is 47.8 Å². The van der Waals surface area contributed by atoms with E-state index in [1.807, 2.05) is 0 Å². The number of β-amino-alcohol motifs (C(OH)–C–C–N with tert-alkyl or cyclic N) is 1. The summed E-state index contributed by atoms with van der Waals surface area (Å²) in [6.45, 7) is -0.183. The Labute approximate surface area is 132 Å². The Bertz CT molecular complexity index is 838. The molecule has 1 fully saturated rings. The predicted molar refractivity (Wildman–Crippen MR) is 76.8 cm³/mol. The SMILES string of the molecule is Cn1cc(S(=O)(=O)N2CC(O)CC2c2cc(F)ccc2F)cn1. The Kier molecular flexibility index (Phi) is 3.95. The van der Waals surface area contributed by atoms with Gasteiger partial charge in [0, 0.05) is 25.4 Å². The summed E-state index contributed by atoms with van der Waals surface area (Å²) in [6, 6.07) is 1.91. The van der Waals surface area contributed by atoms with Crippen LogP contribution in [0.5, 0.6) is 0 Å². The molecular weight excluding hydrogens is 328 g/mol. The molecule has 0 bridgehead atoms. The van der Waals surface area contributed by atoms with Gasteiger partial charge in [-0.2, -0.15) is 9.40 Å². The number of halogens is 2. The van der Waals surface area contributed by atoms with Crippen molar-refractivity contribution in [3.8, 4) is 0 Å². The highest BCUT2D eigenvalue weighted by Gasteiger charge is 2.42. The molecule has 2 heterocycles. The molecule has 0 spiro atoms. The Morgan fingerprint density at radius 2 is 2.09 bits per heavy atom. The number of benzene rings is 1. The van der Waals surface area contributed by atoms with Gasteiger partial charge in [-0.25, -0.2) is 17.2 Å². The Balaban J connectivity index is 2.05. The molecule has 2 atom stereocenters.